The fraction of sp³-hybridized carbons (Fsp3) is 0.158. The van der Waals surface area contributed by atoms with Crippen LogP contribution in [0.3, 0.4) is 0 Å². The van der Waals surface area contributed by atoms with Gasteiger partial charge in [0.05, 0.1) is 17.8 Å². The highest BCUT2D eigenvalue weighted by Crippen LogP contribution is 2.31. The Labute approximate surface area is 150 Å². The number of fused-ring (bicyclic) bond motifs is 1. The fourth-order valence-electron chi connectivity index (χ4n) is 2.63. The van der Waals surface area contributed by atoms with Gasteiger partial charge >= 0.3 is 0 Å². The lowest BCUT2D eigenvalue weighted by atomic mass is 10.0. The molecule has 24 heavy (non-hydrogen) atoms. The number of carbonyl (C=O) groups excluding carboxylic acids is 1. The zero-order chi connectivity index (χ0) is 17.3. The largest absolute Gasteiger partial charge is 0.494 e. The number of aromatic nitrogens is 1. The summed E-state index contributed by atoms with van der Waals surface area (Å²) in [5.41, 5.74) is 3.40. The van der Waals surface area contributed by atoms with E-state index in [4.69, 9.17) is 32.9 Å². The molecule has 0 bridgehead atoms. The maximum atomic E-state index is 11.9. The number of ether oxygens (including phenoxy) is 1. The lowest BCUT2D eigenvalue weighted by molar-refractivity contribution is 0.108. The van der Waals surface area contributed by atoms with Crippen LogP contribution in [0, 0.1) is 6.92 Å². The normalized spacial score (nSPS) is 10.8. The third-order valence-electron chi connectivity index (χ3n) is 3.82. The highest BCUT2D eigenvalue weighted by Gasteiger charge is 2.15. The average molecular weight is 360 g/mol. The molecule has 2 aromatic carbocycles. The summed E-state index contributed by atoms with van der Waals surface area (Å²) >= 11 is 12.0. The average Bonchev–Trinajstić information content (AvgIpc) is 2.58. The maximum Gasteiger partial charge on any atom is 0.253 e. The molecule has 0 amide bonds. The van der Waals surface area contributed by atoms with Crippen LogP contribution in [0.1, 0.15) is 22.8 Å². The quantitative estimate of drug-likeness (QED) is 0.565. The van der Waals surface area contributed by atoms with Crippen molar-refractivity contribution in [2.75, 3.05) is 6.61 Å². The number of halogens is 2. The van der Waals surface area contributed by atoms with Crippen molar-refractivity contribution < 1.29 is 9.53 Å². The van der Waals surface area contributed by atoms with Crippen molar-refractivity contribution in [2.45, 2.75) is 13.8 Å². The first-order valence-corrected chi connectivity index (χ1v) is 8.29. The molecule has 1 aromatic heterocycles. The number of nitrogens with zero attached hydrogens (tertiary/aromatic N) is 1. The van der Waals surface area contributed by atoms with Crippen molar-refractivity contribution in [1.82, 2.24) is 4.98 Å². The molecule has 0 aliphatic carbocycles. The Kier molecular flexibility index (Phi) is 4.74. The second-order valence-corrected chi connectivity index (χ2v) is 6.11. The molecule has 0 saturated heterocycles. The van der Waals surface area contributed by atoms with Gasteiger partial charge in [0.2, 0.25) is 0 Å². The van der Waals surface area contributed by atoms with Crippen molar-refractivity contribution in [3.05, 3.63) is 58.6 Å². The van der Waals surface area contributed by atoms with Gasteiger partial charge in [-0.25, -0.2) is 4.98 Å². The van der Waals surface area contributed by atoms with Gasteiger partial charge in [-0.3, -0.25) is 4.79 Å². The van der Waals surface area contributed by atoms with Crippen LogP contribution in [0.5, 0.6) is 5.75 Å². The second-order valence-electron chi connectivity index (χ2n) is 5.36. The van der Waals surface area contributed by atoms with E-state index in [9.17, 15) is 4.79 Å². The number of carbonyl (C=O) groups is 1. The minimum atomic E-state index is -0.522. The molecule has 0 saturated carbocycles. The Hall–Kier alpha value is -2.10. The molecule has 0 fully saturated rings. The minimum Gasteiger partial charge on any atom is -0.494 e. The Morgan fingerprint density at radius 3 is 2.71 bits per heavy atom. The highest BCUT2D eigenvalue weighted by molar-refractivity contribution is 6.68. The molecule has 122 valence electrons. The zero-order valence-corrected chi connectivity index (χ0v) is 14.8. The van der Waals surface area contributed by atoms with Crippen LogP contribution in [-0.2, 0) is 0 Å². The first-order valence-electron chi connectivity index (χ1n) is 7.54. The molecule has 0 radical (unpaired) electrons. The van der Waals surface area contributed by atoms with Gasteiger partial charge in [0.25, 0.3) is 5.24 Å². The molecule has 3 rings (SSSR count). The summed E-state index contributed by atoms with van der Waals surface area (Å²) in [5.74, 6) is 0.749. The fourth-order valence-corrected chi connectivity index (χ4v) is 2.94. The van der Waals surface area contributed by atoms with Crippen molar-refractivity contribution in [1.29, 1.82) is 0 Å². The molecule has 0 aliphatic rings. The van der Waals surface area contributed by atoms with E-state index < -0.39 is 5.24 Å². The Morgan fingerprint density at radius 1 is 1.21 bits per heavy atom. The maximum absolute atomic E-state index is 11.9. The number of pyridine rings is 1. The summed E-state index contributed by atoms with van der Waals surface area (Å²) < 4.78 is 5.53. The van der Waals surface area contributed by atoms with Crippen LogP contribution in [0.2, 0.25) is 5.02 Å². The van der Waals surface area contributed by atoms with Gasteiger partial charge in [-0.15, -0.1) is 0 Å². The Bertz CT molecular complexity index is 938. The molecule has 0 spiro atoms. The first kappa shape index (κ1) is 16.7. The molecule has 3 aromatic rings. The Balaban J connectivity index is 2.27. The molecule has 5 heteroatoms. The summed E-state index contributed by atoms with van der Waals surface area (Å²) in [7, 11) is 0. The van der Waals surface area contributed by atoms with Crippen molar-refractivity contribution in [3.8, 4) is 17.0 Å². The van der Waals surface area contributed by atoms with E-state index in [1.165, 1.54) is 0 Å². The van der Waals surface area contributed by atoms with E-state index >= 15 is 0 Å². The third kappa shape index (κ3) is 3.10. The SMILES string of the molecule is CCOc1cccc(-c2cc(C(=O)Cl)c3ccc(Cl)c(C)c3n2)c1. The smallest absolute Gasteiger partial charge is 0.253 e. The molecule has 0 atom stereocenters. The number of hydrogen-bond acceptors (Lipinski definition) is 3. The molecule has 0 aliphatic heterocycles. The summed E-state index contributed by atoms with van der Waals surface area (Å²) in [5, 5.41) is 0.774. The van der Waals surface area contributed by atoms with Crippen molar-refractivity contribution in [3.63, 3.8) is 0 Å². The van der Waals surface area contributed by atoms with Crippen LogP contribution >= 0.6 is 23.2 Å². The monoisotopic (exact) mass is 359 g/mol. The zero-order valence-electron chi connectivity index (χ0n) is 13.3. The Morgan fingerprint density at radius 2 is 2.00 bits per heavy atom. The molecule has 1 heterocycles. The molecule has 0 N–H and O–H groups in total. The van der Waals surface area contributed by atoms with Gasteiger partial charge < -0.3 is 4.74 Å². The number of rotatable bonds is 4. The van der Waals surface area contributed by atoms with Gasteiger partial charge in [0.1, 0.15) is 5.75 Å². The topological polar surface area (TPSA) is 39.2 Å². The number of hydrogen-bond donors (Lipinski definition) is 0. The molecular weight excluding hydrogens is 345 g/mol. The van der Waals surface area contributed by atoms with E-state index in [-0.39, 0.29) is 0 Å². The van der Waals surface area contributed by atoms with Crippen LogP contribution in [0.15, 0.2) is 42.5 Å². The van der Waals surface area contributed by atoms with Gasteiger partial charge in [0, 0.05) is 21.5 Å². The standard InChI is InChI=1S/C19H15Cl2NO2/c1-3-24-13-6-4-5-12(9-13)17-10-15(19(21)23)14-7-8-16(20)11(2)18(14)22-17/h4-10H,3H2,1-2H3. The second kappa shape index (κ2) is 6.80. The van der Waals surface area contributed by atoms with E-state index in [0.717, 1.165) is 16.9 Å². The van der Waals surface area contributed by atoms with Crippen molar-refractivity contribution in [2.24, 2.45) is 0 Å². The number of benzene rings is 2. The molecule has 0 unspecified atom stereocenters. The van der Waals surface area contributed by atoms with Gasteiger partial charge in [-0.05, 0) is 55.3 Å². The summed E-state index contributed by atoms with van der Waals surface area (Å²) in [6, 6.07) is 12.8. The molecule has 3 nitrogen and oxygen atoms in total. The lowest BCUT2D eigenvalue weighted by Gasteiger charge is -2.11. The van der Waals surface area contributed by atoms with Crippen molar-refractivity contribution >= 4 is 39.3 Å². The predicted octanol–water partition coefficient (Wildman–Crippen LogP) is 5.64. The molecular formula is C19H15Cl2NO2. The van der Waals surface area contributed by atoms with E-state index in [0.29, 0.717) is 33.8 Å². The van der Waals surface area contributed by atoms with E-state index in [2.05, 4.69) is 0 Å². The van der Waals surface area contributed by atoms with Gasteiger partial charge in [-0.2, -0.15) is 0 Å². The van der Waals surface area contributed by atoms with Gasteiger partial charge in [0.15, 0.2) is 0 Å². The summed E-state index contributed by atoms with van der Waals surface area (Å²) in [6.45, 7) is 4.38. The first-order chi connectivity index (χ1) is 11.5. The van der Waals surface area contributed by atoms with Crippen LogP contribution in [0.4, 0.5) is 0 Å². The highest BCUT2D eigenvalue weighted by atomic mass is 35.5. The van der Waals surface area contributed by atoms with Crippen LogP contribution < -0.4 is 4.74 Å². The van der Waals surface area contributed by atoms with Crippen LogP contribution in [-0.4, -0.2) is 16.8 Å². The van der Waals surface area contributed by atoms with Gasteiger partial charge in [-0.1, -0.05) is 29.8 Å². The van der Waals surface area contributed by atoms with E-state index in [1.807, 2.05) is 38.1 Å². The lowest BCUT2D eigenvalue weighted by Crippen LogP contribution is -1.98. The number of aryl methyl sites for hydroxylation is 1. The minimum absolute atomic E-state index is 0.415. The van der Waals surface area contributed by atoms with E-state index in [1.54, 1.807) is 18.2 Å². The van der Waals surface area contributed by atoms with Crippen LogP contribution in [0.25, 0.3) is 22.2 Å². The summed E-state index contributed by atoms with van der Waals surface area (Å²) in [4.78, 5) is 16.6. The summed E-state index contributed by atoms with van der Waals surface area (Å²) in [6.07, 6.45) is 0. The predicted molar refractivity (Wildman–Crippen MR) is 98.3 cm³/mol. The third-order valence-corrected chi connectivity index (χ3v) is 4.43.